The Bertz CT molecular complexity index is 363. The van der Waals surface area contributed by atoms with Crippen LogP contribution in [0.25, 0.3) is 0 Å². The highest BCUT2D eigenvalue weighted by Crippen LogP contribution is 2.20. The van der Waals surface area contributed by atoms with Crippen molar-refractivity contribution < 1.29 is 4.79 Å². The van der Waals surface area contributed by atoms with Gasteiger partial charge in [-0.25, -0.2) is 0 Å². The molecule has 0 aliphatic carbocycles. The minimum Gasteiger partial charge on any atom is -0.343 e. The normalized spacial score (nSPS) is 19.9. The molecule has 1 amide bonds. The number of rotatable bonds is 2. The van der Waals surface area contributed by atoms with Crippen molar-refractivity contribution in [1.82, 2.24) is 9.80 Å². The number of hydrogen-bond donors (Lipinski definition) is 0. The van der Waals surface area contributed by atoms with Gasteiger partial charge < -0.3 is 4.90 Å². The van der Waals surface area contributed by atoms with E-state index in [-0.39, 0.29) is 5.91 Å². The molecule has 1 aliphatic rings. The molecular weight excluding hydrogens is 200 g/mol. The maximum Gasteiger partial charge on any atom is 0.236 e. The first kappa shape index (κ1) is 11.1. The first-order valence-electron chi connectivity index (χ1n) is 5.71. The smallest absolute Gasteiger partial charge is 0.236 e. The van der Waals surface area contributed by atoms with E-state index in [1.165, 1.54) is 5.56 Å². The molecule has 16 heavy (non-hydrogen) atoms. The van der Waals surface area contributed by atoms with Gasteiger partial charge in [-0.3, -0.25) is 9.69 Å². The Morgan fingerprint density at radius 2 is 1.88 bits per heavy atom. The van der Waals surface area contributed by atoms with Gasteiger partial charge in [0.25, 0.3) is 0 Å². The second kappa shape index (κ2) is 4.66. The Balaban J connectivity index is 2.06. The summed E-state index contributed by atoms with van der Waals surface area (Å²) >= 11 is 0. The van der Waals surface area contributed by atoms with E-state index in [1.54, 1.807) is 4.90 Å². The molecule has 1 atom stereocenters. The van der Waals surface area contributed by atoms with Gasteiger partial charge in [-0.15, -0.1) is 0 Å². The van der Waals surface area contributed by atoms with E-state index >= 15 is 0 Å². The second-order valence-corrected chi connectivity index (χ2v) is 4.37. The van der Waals surface area contributed by atoms with E-state index < -0.39 is 0 Å². The fourth-order valence-corrected chi connectivity index (χ4v) is 2.05. The van der Waals surface area contributed by atoms with Crippen LogP contribution in [0.3, 0.4) is 0 Å². The molecule has 86 valence electrons. The van der Waals surface area contributed by atoms with Gasteiger partial charge >= 0.3 is 0 Å². The molecule has 3 nitrogen and oxygen atoms in total. The Labute approximate surface area is 96.7 Å². The van der Waals surface area contributed by atoms with Crippen LogP contribution in [-0.2, 0) is 4.79 Å². The van der Waals surface area contributed by atoms with Gasteiger partial charge in [-0.05, 0) is 12.5 Å². The number of piperazine rings is 1. The Morgan fingerprint density at radius 1 is 1.19 bits per heavy atom. The molecular formula is C13H18N2O. The topological polar surface area (TPSA) is 23.6 Å². The molecule has 1 heterocycles. The van der Waals surface area contributed by atoms with Crippen LogP contribution in [0.5, 0.6) is 0 Å². The molecule has 1 unspecified atom stereocenters. The number of benzene rings is 1. The van der Waals surface area contributed by atoms with Crippen LogP contribution in [0.2, 0.25) is 0 Å². The lowest BCUT2D eigenvalue weighted by atomic mass is 10.1. The fraction of sp³-hybridized carbons (Fsp3) is 0.462. The van der Waals surface area contributed by atoms with Crippen LogP contribution in [0, 0.1) is 0 Å². The Morgan fingerprint density at radius 3 is 2.50 bits per heavy atom. The highest BCUT2D eigenvalue weighted by molar-refractivity contribution is 5.78. The highest BCUT2D eigenvalue weighted by Gasteiger charge is 2.25. The zero-order valence-electron chi connectivity index (χ0n) is 9.89. The number of hydrogen-bond acceptors (Lipinski definition) is 2. The molecule has 0 spiro atoms. The maximum atomic E-state index is 11.6. The van der Waals surface area contributed by atoms with Gasteiger partial charge in [0.05, 0.1) is 6.54 Å². The number of amides is 1. The lowest BCUT2D eigenvalue weighted by molar-refractivity contribution is -0.135. The predicted octanol–water partition coefficient (Wildman–Crippen LogP) is 1.52. The highest BCUT2D eigenvalue weighted by atomic mass is 16.2. The molecule has 3 heteroatoms. The van der Waals surface area contributed by atoms with E-state index in [9.17, 15) is 4.79 Å². The molecule has 0 aromatic heterocycles. The van der Waals surface area contributed by atoms with Crippen LogP contribution in [0.4, 0.5) is 0 Å². The molecule has 2 rings (SSSR count). The zero-order valence-corrected chi connectivity index (χ0v) is 9.89. The monoisotopic (exact) mass is 218 g/mol. The zero-order chi connectivity index (χ0) is 11.5. The van der Waals surface area contributed by atoms with Crippen LogP contribution < -0.4 is 0 Å². The van der Waals surface area contributed by atoms with Crippen molar-refractivity contribution in [2.45, 2.75) is 13.0 Å². The summed E-state index contributed by atoms with van der Waals surface area (Å²) in [6.45, 7) is 4.48. The number of carbonyl (C=O) groups excluding carboxylic acids is 1. The fourth-order valence-electron chi connectivity index (χ4n) is 2.05. The van der Waals surface area contributed by atoms with E-state index in [2.05, 4.69) is 24.0 Å². The predicted molar refractivity (Wildman–Crippen MR) is 64.1 cm³/mol. The molecule has 0 bridgehead atoms. The standard InChI is InChI=1S/C13H18N2O/c1-11(12-6-4-3-5-7-12)15-9-8-14(2)13(16)10-15/h3-7,11H,8-10H2,1-2H3. The third-order valence-corrected chi connectivity index (χ3v) is 3.32. The summed E-state index contributed by atoms with van der Waals surface area (Å²) in [4.78, 5) is 15.7. The molecule has 1 aromatic carbocycles. The van der Waals surface area contributed by atoms with Crippen molar-refractivity contribution >= 4 is 5.91 Å². The van der Waals surface area contributed by atoms with Crippen molar-refractivity contribution in [1.29, 1.82) is 0 Å². The van der Waals surface area contributed by atoms with E-state index in [0.29, 0.717) is 12.6 Å². The second-order valence-electron chi connectivity index (χ2n) is 4.37. The molecule has 1 saturated heterocycles. The van der Waals surface area contributed by atoms with Crippen LogP contribution in [-0.4, -0.2) is 42.4 Å². The molecule has 1 fully saturated rings. The first-order valence-corrected chi connectivity index (χ1v) is 5.71. The summed E-state index contributed by atoms with van der Waals surface area (Å²) in [5.41, 5.74) is 1.28. The number of nitrogens with zero attached hydrogens (tertiary/aromatic N) is 2. The van der Waals surface area contributed by atoms with Crippen LogP contribution in [0.1, 0.15) is 18.5 Å². The van der Waals surface area contributed by atoms with E-state index in [0.717, 1.165) is 13.1 Å². The molecule has 0 N–H and O–H groups in total. The molecule has 0 radical (unpaired) electrons. The largest absolute Gasteiger partial charge is 0.343 e. The first-order chi connectivity index (χ1) is 7.68. The van der Waals surface area contributed by atoms with Gasteiger partial charge in [-0.2, -0.15) is 0 Å². The maximum absolute atomic E-state index is 11.6. The van der Waals surface area contributed by atoms with Crippen molar-refractivity contribution in [3.63, 3.8) is 0 Å². The quantitative estimate of drug-likeness (QED) is 0.751. The number of carbonyl (C=O) groups is 1. The lowest BCUT2D eigenvalue weighted by Crippen LogP contribution is -2.49. The Kier molecular flexibility index (Phi) is 3.25. The summed E-state index contributed by atoms with van der Waals surface area (Å²) in [6, 6.07) is 10.7. The van der Waals surface area contributed by atoms with Gasteiger partial charge in [-0.1, -0.05) is 30.3 Å². The lowest BCUT2D eigenvalue weighted by Gasteiger charge is -2.36. The SMILES string of the molecule is CC(c1ccccc1)N1CCN(C)C(=O)C1. The molecule has 0 saturated carbocycles. The van der Waals surface area contributed by atoms with Gasteiger partial charge in [0, 0.05) is 26.2 Å². The van der Waals surface area contributed by atoms with Crippen LogP contribution in [0.15, 0.2) is 30.3 Å². The van der Waals surface area contributed by atoms with Crippen molar-refractivity contribution in [3.8, 4) is 0 Å². The minimum absolute atomic E-state index is 0.217. The summed E-state index contributed by atoms with van der Waals surface area (Å²) in [7, 11) is 1.87. The van der Waals surface area contributed by atoms with E-state index in [4.69, 9.17) is 0 Å². The molecule has 1 aromatic rings. The third-order valence-electron chi connectivity index (χ3n) is 3.32. The number of likely N-dealkylation sites (N-methyl/N-ethyl adjacent to an activating group) is 1. The van der Waals surface area contributed by atoms with Crippen molar-refractivity contribution in [3.05, 3.63) is 35.9 Å². The summed E-state index contributed by atoms with van der Waals surface area (Å²) in [5.74, 6) is 0.217. The summed E-state index contributed by atoms with van der Waals surface area (Å²) < 4.78 is 0. The van der Waals surface area contributed by atoms with E-state index in [1.807, 2.05) is 25.2 Å². The minimum atomic E-state index is 0.217. The van der Waals surface area contributed by atoms with Crippen LogP contribution >= 0.6 is 0 Å². The van der Waals surface area contributed by atoms with Gasteiger partial charge in [0.1, 0.15) is 0 Å². The Hall–Kier alpha value is -1.35. The van der Waals surface area contributed by atoms with Crippen molar-refractivity contribution in [2.24, 2.45) is 0 Å². The third kappa shape index (κ3) is 2.25. The average molecular weight is 218 g/mol. The van der Waals surface area contributed by atoms with Gasteiger partial charge in [0.15, 0.2) is 0 Å². The summed E-state index contributed by atoms with van der Waals surface area (Å²) in [6.07, 6.45) is 0. The van der Waals surface area contributed by atoms with Gasteiger partial charge in [0.2, 0.25) is 5.91 Å². The van der Waals surface area contributed by atoms with Crippen molar-refractivity contribution in [2.75, 3.05) is 26.7 Å². The average Bonchev–Trinajstić information content (AvgIpc) is 2.33. The molecule has 1 aliphatic heterocycles. The summed E-state index contributed by atoms with van der Waals surface area (Å²) in [5, 5.41) is 0.